The number of ether oxygens (including phenoxy) is 1. The van der Waals surface area contributed by atoms with Crippen LogP contribution in [0.5, 0.6) is 5.75 Å². The zero-order valence-electron chi connectivity index (χ0n) is 12.3. The van der Waals surface area contributed by atoms with Crippen LogP contribution in [0.1, 0.15) is 29.8 Å². The molecule has 2 aromatic rings. The van der Waals surface area contributed by atoms with Gasteiger partial charge < -0.3 is 15.8 Å². The van der Waals surface area contributed by atoms with Crippen LogP contribution in [-0.4, -0.2) is 12.5 Å². The fraction of sp³-hybridized carbons (Fsp3) is 0.235. The van der Waals surface area contributed by atoms with E-state index < -0.39 is 0 Å². The molecule has 0 radical (unpaired) electrons. The second kappa shape index (κ2) is 6.79. The monoisotopic (exact) mass is 284 g/mol. The van der Waals surface area contributed by atoms with Crippen molar-refractivity contribution in [2.75, 3.05) is 17.7 Å². The van der Waals surface area contributed by atoms with Gasteiger partial charge in [-0.1, -0.05) is 25.1 Å². The summed E-state index contributed by atoms with van der Waals surface area (Å²) >= 11 is 0. The van der Waals surface area contributed by atoms with Gasteiger partial charge >= 0.3 is 0 Å². The molecule has 0 saturated carbocycles. The minimum absolute atomic E-state index is 0.175. The molecule has 0 atom stereocenters. The van der Waals surface area contributed by atoms with E-state index in [9.17, 15) is 4.79 Å². The van der Waals surface area contributed by atoms with Crippen LogP contribution in [-0.2, 0) is 6.42 Å². The van der Waals surface area contributed by atoms with Crippen LogP contribution in [0.25, 0.3) is 0 Å². The number of nitrogens with two attached hydrogens (primary N) is 1. The van der Waals surface area contributed by atoms with Crippen molar-refractivity contribution in [1.82, 2.24) is 0 Å². The summed E-state index contributed by atoms with van der Waals surface area (Å²) in [7, 11) is 0. The molecule has 0 aliphatic heterocycles. The van der Waals surface area contributed by atoms with Crippen molar-refractivity contribution < 1.29 is 9.53 Å². The van der Waals surface area contributed by atoms with Crippen LogP contribution >= 0.6 is 0 Å². The molecule has 1 amide bonds. The first-order valence-electron chi connectivity index (χ1n) is 7.07. The Bertz CT molecular complexity index is 638. The van der Waals surface area contributed by atoms with Gasteiger partial charge in [-0.2, -0.15) is 0 Å². The number of nitrogen functional groups attached to an aromatic ring is 1. The lowest BCUT2D eigenvalue weighted by molar-refractivity contribution is 0.102. The average Bonchev–Trinajstić information content (AvgIpc) is 2.50. The molecule has 110 valence electrons. The van der Waals surface area contributed by atoms with Crippen molar-refractivity contribution in [2.24, 2.45) is 0 Å². The highest BCUT2D eigenvalue weighted by molar-refractivity contribution is 6.05. The number of para-hydroxylation sites is 1. The molecule has 21 heavy (non-hydrogen) atoms. The summed E-state index contributed by atoms with van der Waals surface area (Å²) in [5.41, 5.74) is 8.80. The van der Waals surface area contributed by atoms with Gasteiger partial charge in [0.2, 0.25) is 0 Å². The van der Waals surface area contributed by atoms with Gasteiger partial charge in [0, 0.05) is 11.3 Å². The topological polar surface area (TPSA) is 64.3 Å². The molecular weight excluding hydrogens is 264 g/mol. The summed E-state index contributed by atoms with van der Waals surface area (Å²) in [6.07, 6.45) is 0.863. The van der Waals surface area contributed by atoms with Gasteiger partial charge in [-0.25, -0.2) is 0 Å². The Morgan fingerprint density at radius 3 is 2.62 bits per heavy atom. The Labute approximate surface area is 124 Å². The minimum atomic E-state index is -0.175. The van der Waals surface area contributed by atoms with E-state index in [-0.39, 0.29) is 5.91 Å². The van der Waals surface area contributed by atoms with Crippen LogP contribution in [0, 0.1) is 0 Å². The molecule has 0 saturated heterocycles. The van der Waals surface area contributed by atoms with Crippen LogP contribution in [0.4, 0.5) is 11.4 Å². The predicted octanol–water partition coefficient (Wildman–Crippen LogP) is 3.48. The van der Waals surface area contributed by atoms with E-state index in [4.69, 9.17) is 10.5 Å². The minimum Gasteiger partial charge on any atom is -0.492 e. The van der Waals surface area contributed by atoms with Crippen LogP contribution in [0.3, 0.4) is 0 Å². The fourth-order valence-corrected chi connectivity index (χ4v) is 2.12. The molecule has 4 nitrogen and oxygen atoms in total. The molecule has 0 aliphatic carbocycles. The summed E-state index contributed by atoms with van der Waals surface area (Å²) < 4.78 is 5.37. The summed E-state index contributed by atoms with van der Waals surface area (Å²) in [6.45, 7) is 4.49. The Kier molecular flexibility index (Phi) is 4.82. The van der Waals surface area contributed by atoms with Gasteiger partial charge in [0.05, 0.1) is 12.3 Å². The third-order valence-corrected chi connectivity index (χ3v) is 3.22. The van der Waals surface area contributed by atoms with Crippen molar-refractivity contribution in [3.63, 3.8) is 0 Å². The van der Waals surface area contributed by atoms with E-state index in [1.165, 1.54) is 0 Å². The Balaban J connectivity index is 2.19. The van der Waals surface area contributed by atoms with Gasteiger partial charge in [0.15, 0.2) is 0 Å². The molecule has 0 heterocycles. The summed E-state index contributed by atoms with van der Waals surface area (Å²) in [5, 5.41) is 2.92. The first kappa shape index (κ1) is 14.9. The average molecular weight is 284 g/mol. The lowest BCUT2D eigenvalue weighted by atomic mass is 10.1. The summed E-state index contributed by atoms with van der Waals surface area (Å²) in [4.78, 5) is 12.3. The highest BCUT2D eigenvalue weighted by atomic mass is 16.5. The molecule has 3 N–H and O–H groups in total. The Morgan fingerprint density at radius 1 is 1.19 bits per heavy atom. The molecule has 2 rings (SSSR count). The molecule has 2 aromatic carbocycles. The maximum absolute atomic E-state index is 12.3. The molecule has 0 fully saturated rings. The molecular formula is C17H20N2O2. The van der Waals surface area contributed by atoms with Crippen molar-refractivity contribution in [3.8, 4) is 5.75 Å². The normalized spacial score (nSPS) is 10.2. The van der Waals surface area contributed by atoms with E-state index >= 15 is 0 Å². The van der Waals surface area contributed by atoms with Crippen molar-refractivity contribution in [3.05, 3.63) is 53.6 Å². The number of nitrogens with one attached hydrogen (secondary N) is 1. The molecule has 0 bridgehead atoms. The molecule has 0 spiro atoms. The van der Waals surface area contributed by atoms with Gasteiger partial charge in [-0.15, -0.1) is 0 Å². The van der Waals surface area contributed by atoms with Crippen LogP contribution in [0.2, 0.25) is 0 Å². The van der Waals surface area contributed by atoms with Crippen molar-refractivity contribution in [2.45, 2.75) is 20.3 Å². The predicted molar refractivity (Wildman–Crippen MR) is 85.8 cm³/mol. The van der Waals surface area contributed by atoms with E-state index in [1.807, 2.05) is 31.2 Å². The molecule has 0 aromatic heterocycles. The SMILES string of the molecule is CCOc1ccc(C(=O)Nc2ccccc2CC)cc1N. The lowest BCUT2D eigenvalue weighted by Gasteiger charge is -2.11. The Hall–Kier alpha value is -2.49. The summed E-state index contributed by atoms with van der Waals surface area (Å²) in [6, 6.07) is 12.8. The second-order valence-corrected chi connectivity index (χ2v) is 4.65. The third kappa shape index (κ3) is 3.54. The number of hydrogen-bond acceptors (Lipinski definition) is 3. The number of hydrogen-bond donors (Lipinski definition) is 2. The zero-order chi connectivity index (χ0) is 15.2. The van der Waals surface area contributed by atoms with E-state index in [0.29, 0.717) is 23.6 Å². The summed E-state index contributed by atoms with van der Waals surface area (Å²) in [5.74, 6) is 0.425. The number of carbonyl (C=O) groups excluding carboxylic acids is 1. The molecule has 4 heteroatoms. The van der Waals surface area contributed by atoms with Crippen molar-refractivity contribution >= 4 is 17.3 Å². The first-order chi connectivity index (χ1) is 10.2. The first-order valence-corrected chi connectivity index (χ1v) is 7.07. The maximum atomic E-state index is 12.3. The van der Waals surface area contributed by atoms with E-state index in [0.717, 1.165) is 17.7 Å². The highest BCUT2D eigenvalue weighted by Crippen LogP contribution is 2.23. The van der Waals surface area contributed by atoms with Crippen molar-refractivity contribution in [1.29, 1.82) is 0 Å². The number of amides is 1. The second-order valence-electron chi connectivity index (χ2n) is 4.65. The van der Waals surface area contributed by atoms with Gasteiger partial charge in [-0.3, -0.25) is 4.79 Å². The highest BCUT2D eigenvalue weighted by Gasteiger charge is 2.10. The van der Waals surface area contributed by atoms with E-state index in [1.54, 1.807) is 18.2 Å². The van der Waals surface area contributed by atoms with E-state index in [2.05, 4.69) is 12.2 Å². The van der Waals surface area contributed by atoms with Crippen LogP contribution in [0.15, 0.2) is 42.5 Å². The van der Waals surface area contributed by atoms with Gasteiger partial charge in [0.25, 0.3) is 5.91 Å². The zero-order valence-corrected chi connectivity index (χ0v) is 12.3. The number of aryl methyl sites for hydroxylation is 1. The number of benzene rings is 2. The quantitative estimate of drug-likeness (QED) is 0.826. The fourth-order valence-electron chi connectivity index (χ4n) is 2.12. The standard InChI is InChI=1S/C17H20N2O2/c1-3-12-7-5-6-8-15(12)19-17(20)13-9-10-16(21-4-2)14(18)11-13/h5-11H,3-4,18H2,1-2H3,(H,19,20). The maximum Gasteiger partial charge on any atom is 0.255 e. The van der Waals surface area contributed by atoms with Gasteiger partial charge in [0.1, 0.15) is 5.75 Å². The molecule has 0 aliphatic rings. The third-order valence-electron chi connectivity index (χ3n) is 3.22. The Morgan fingerprint density at radius 2 is 1.95 bits per heavy atom. The largest absolute Gasteiger partial charge is 0.492 e. The number of rotatable bonds is 5. The number of carbonyl (C=O) groups is 1. The van der Waals surface area contributed by atoms with Gasteiger partial charge in [-0.05, 0) is 43.2 Å². The smallest absolute Gasteiger partial charge is 0.255 e. The lowest BCUT2D eigenvalue weighted by Crippen LogP contribution is -2.13. The number of anilines is 2. The molecule has 0 unspecified atom stereocenters. The van der Waals surface area contributed by atoms with Crippen LogP contribution < -0.4 is 15.8 Å².